The molecule has 2 unspecified atom stereocenters. The number of phenolic OH excluding ortho intramolecular Hbond substituents is 1. The van der Waals surface area contributed by atoms with Crippen LogP contribution in [0.3, 0.4) is 0 Å². The van der Waals surface area contributed by atoms with Crippen molar-refractivity contribution in [3.8, 4) is 5.75 Å². The van der Waals surface area contributed by atoms with Gasteiger partial charge < -0.3 is 30.5 Å². The zero-order valence-electron chi connectivity index (χ0n) is 20.0. The summed E-state index contributed by atoms with van der Waals surface area (Å²) in [5.41, 5.74) is -0.486. The van der Waals surface area contributed by atoms with E-state index in [1.54, 1.807) is 39.0 Å². The van der Waals surface area contributed by atoms with Gasteiger partial charge in [-0.15, -0.1) is 0 Å². The van der Waals surface area contributed by atoms with E-state index in [1.165, 1.54) is 11.0 Å². The number of phenols is 1. The number of nitrogens with zero attached hydrogens (tertiary/aromatic N) is 1. The van der Waals surface area contributed by atoms with Crippen LogP contribution in [0.2, 0.25) is 0 Å². The topological polar surface area (TPSA) is 128 Å². The molecule has 1 aromatic carbocycles. The van der Waals surface area contributed by atoms with Crippen molar-refractivity contribution >= 4 is 17.9 Å². The summed E-state index contributed by atoms with van der Waals surface area (Å²) in [6, 6.07) is 3.76. The molecule has 2 rings (SSSR count). The van der Waals surface area contributed by atoms with Gasteiger partial charge in [-0.3, -0.25) is 9.59 Å². The standard InChI is InChI=1S/C24H37N3O6/c1-5-6-9-14-25-21(30)20(17-10-7-8-11-19(17)29)27(16-12-13-16)22(31)18(15-28)26-23(32)33-24(2,3)4/h7-8,10-11,16,18,20,28-29H,5-6,9,12-15H2,1-4H3,(H,25,30)(H,26,32). The number of aliphatic hydroxyl groups is 1. The summed E-state index contributed by atoms with van der Waals surface area (Å²) >= 11 is 0. The van der Waals surface area contributed by atoms with E-state index in [9.17, 15) is 24.6 Å². The van der Waals surface area contributed by atoms with Gasteiger partial charge in [-0.25, -0.2) is 4.79 Å². The molecule has 1 aromatic rings. The summed E-state index contributed by atoms with van der Waals surface area (Å²) < 4.78 is 5.21. The van der Waals surface area contributed by atoms with E-state index >= 15 is 0 Å². The molecule has 0 spiro atoms. The SMILES string of the molecule is CCCCCNC(=O)C(c1ccccc1O)N(C(=O)C(CO)NC(=O)OC(C)(C)C)C1CC1. The Labute approximate surface area is 195 Å². The zero-order chi connectivity index (χ0) is 24.6. The molecule has 184 valence electrons. The molecular formula is C24H37N3O6. The smallest absolute Gasteiger partial charge is 0.408 e. The van der Waals surface area contributed by atoms with Crippen molar-refractivity contribution in [2.45, 2.75) is 83.5 Å². The molecule has 2 atom stereocenters. The lowest BCUT2D eigenvalue weighted by Gasteiger charge is -2.34. The Kier molecular flexibility index (Phi) is 9.52. The molecule has 3 amide bonds. The normalized spacial score (nSPS) is 15.3. The minimum atomic E-state index is -1.29. The fourth-order valence-corrected chi connectivity index (χ4v) is 3.51. The van der Waals surface area contributed by atoms with Gasteiger partial charge in [-0.1, -0.05) is 38.0 Å². The molecule has 33 heavy (non-hydrogen) atoms. The fraction of sp³-hybridized carbons (Fsp3) is 0.625. The molecule has 1 aliphatic rings. The van der Waals surface area contributed by atoms with Crippen molar-refractivity contribution in [2.24, 2.45) is 0 Å². The minimum Gasteiger partial charge on any atom is -0.508 e. The molecule has 1 aliphatic carbocycles. The predicted octanol–water partition coefficient (Wildman–Crippen LogP) is 2.62. The minimum absolute atomic E-state index is 0.106. The van der Waals surface area contributed by atoms with Gasteiger partial charge in [0.1, 0.15) is 23.4 Å². The van der Waals surface area contributed by atoms with Gasteiger partial charge in [0.05, 0.1) is 6.61 Å². The number of rotatable bonds is 11. The average Bonchev–Trinajstić information content (AvgIpc) is 3.57. The number of hydrogen-bond donors (Lipinski definition) is 4. The van der Waals surface area contributed by atoms with E-state index in [0.717, 1.165) is 19.3 Å². The second-order valence-electron chi connectivity index (χ2n) is 9.32. The summed E-state index contributed by atoms with van der Waals surface area (Å²) in [4.78, 5) is 40.4. The van der Waals surface area contributed by atoms with Gasteiger partial charge in [0.25, 0.3) is 0 Å². The van der Waals surface area contributed by atoms with Crippen LogP contribution in [0.1, 0.15) is 71.4 Å². The summed E-state index contributed by atoms with van der Waals surface area (Å²) in [6.45, 7) is 6.92. The first-order valence-electron chi connectivity index (χ1n) is 11.6. The maximum Gasteiger partial charge on any atom is 0.408 e. The van der Waals surface area contributed by atoms with Crippen LogP contribution in [0, 0.1) is 0 Å². The quantitative estimate of drug-likeness (QED) is 0.374. The summed E-state index contributed by atoms with van der Waals surface area (Å²) in [7, 11) is 0. The van der Waals surface area contributed by atoms with Crippen LogP contribution in [0.15, 0.2) is 24.3 Å². The van der Waals surface area contributed by atoms with E-state index < -0.39 is 42.2 Å². The Morgan fingerprint density at radius 3 is 2.39 bits per heavy atom. The molecule has 0 radical (unpaired) electrons. The Balaban J connectivity index is 2.32. The maximum absolute atomic E-state index is 13.5. The van der Waals surface area contributed by atoms with Crippen molar-refractivity contribution in [1.29, 1.82) is 0 Å². The number of unbranched alkanes of at least 4 members (excludes halogenated alkanes) is 2. The van der Waals surface area contributed by atoms with E-state index in [-0.39, 0.29) is 11.8 Å². The first-order valence-corrected chi connectivity index (χ1v) is 11.6. The molecule has 0 bridgehead atoms. The number of aliphatic hydroxyl groups excluding tert-OH is 1. The largest absolute Gasteiger partial charge is 0.508 e. The molecule has 4 N–H and O–H groups in total. The third-order valence-corrected chi connectivity index (χ3v) is 5.20. The second-order valence-corrected chi connectivity index (χ2v) is 9.32. The molecule has 9 nitrogen and oxygen atoms in total. The highest BCUT2D eigenvalue weighted by molar-refractivity contribution is 5.93. The average molecular weight is 464 g/mol. The summed E-state index contributed by atoms with van der Waals surface area (Å²) in [5.74, 6) is -1.13. The number of carbonyl (C=O) groups excluding carboxylic acids is 3. The van der Waals surface area contributed by atoms with Crippen LogP contribution in [0.4, 0.5) is 4.79 Å². The Bertz CT molecular complexity index is 819. The Morgan fingerprint density at radius 1 is 1.18 bits per heavy atom. The number of alkyl carbamates (subject to hydrolysis) is 1. The lowest BCUT2D eigenvalue weighted by Crippen LogP contribution is -2.55. The van der Waals surface area contributed by atoms with Gasteiger partial charge in [0.15, 0.2) is 0 Å². The van der Waals surface area contributed by atoms with Crippen molar-refractivity contribution in [1.82, 2.24) is 15.5 Å². The van der Waals surface area contributed by atoms with Crippen LogP contribution in [-0.4, -0.2) is 63.9 Å². The molecular weight excluding hydrogens is 426 g/mol. The van der Waals surface area contributed by atoms with Crippen LogP contribution in [-0.2, 0) is 14.3 Å². The van der Waals surface area contributed by atoms with Crippen LogP contribution >= 0.6 is 0 Å². The lowest BCUT2D eigenvalue weighted by molar-refractivity contribution is -0.144. The molecule has 0 saturated heterocycles. The zero-order valence-corrected chi connectivity index (χ0v) is 20.0. The first kappa shape index (κ1) is 26.4. The highest BCUT2D eigenvalue weighted by atomic mass is 16.6. The number of amides is 3. The van der Waals surface area contributed by atoms with Crippen LogP contribution in [0.25, 0.3) is 0 Å². The van der Waals surface area contributed by atoms with Crippen molar-refractivity contribution in [3.05, 3.63) is 29.8 Å². The molecule has 0 heterocycles. The number of aromatic hydroxyl groups is 1. The van der Waals surface area contributed by atoms with E-state index in [0.29, 0.717) is 24.9 Å². The van der Waals surface area contributed by atoms with Gasteiger partial charge in [-0.2, -0.15) is 0 Å². The van der Waals surface area contributed by atoms with Crippen molar-refractivity contribution in [2.75, 3.05) is 13.2 Å². The highest BCUT2D eigenvalue weighted by Gasteiger charge is 2.44. The molecule has 0 aromatic heterocycles. The van der Waals surface area contributed by atoms with Crippen molar-refractivity contribution in [3.63, 3.8) is 0 Å². The molecule has 1 saturated carbocycles. The second kappa shape index (κ2) is 11.9. The third-order valence-electron chi connectivity index (χ3n) is 5.20. The fourth-order valence-electron chi connectivity index (χ4n) is 3.51. The number of hydrogen-bond acceptors (Lipinski definition) is 6. The number of para-hydroxylation sites is 1. The maximum atomic E-state index is 13.5. The number of ether oxygens (including phenoxy) is 1. The van der Waals surface area contributed by atoms with E-state index in [4.69, 9.17) is 4.74 Å². The highest BCUT2D eigenvalue weighted by Crippen LogP contribution is 2.38. The Hall–Kier alpha value is -2.81. The lowest BCUT2D eigenvalue weighted by atomic mass is 10.0. The number of carbonyl (C=O) groups is 3. The number of benzene rings is 1. The van der Waals surface area contributed by atoms with E-state index in [2.05, 4.69) is 17.6 Å². The molecule has 9 heteroatoms. The summed E-state index contributed by atoms with van der Waals surface area (Å²) in [5, 5.41) is 25.6. The monoisotopic (exact) mass is 463 g/mol. The summed E-state index contributed by atoms with van der Waals surface area (Å²) in [6.07, 6.45) is 3.28. The van der Waals surface area contributed by atoms with Crippen LogP contribution in [0.5, 0.6) is 5.75 Å². The number of nitrogens with one attached hydrogen (secondary N) is 2. The molecule has 0 aliphatic heterocycles. The molecule has 1 fully saturated rings. The third kappa shape index (κ3) is 7.92. The van der Waals surface area contributed by atoms with Crippen molar-refractivity contribution < 1.29 is 29.3 Å². The van der Waals surface area contributed by atoms with Gasteiger partial charge >= 0.3 is 6.09 Å². The Morgan fingerprint density at radius 2 is 1.85 bits per heavy atom. The van der Waals surface area contributed by atoms with Gasteiger partial charge in [0, 0.05) is 18.2 Å². The predicted molar refractivity (Wildman–Crippen MR) is 123 cm³/mol. The van der Waals surface area contributed by atoms with Crippen LogP contribution < -0.4 is 10.6 Å². The first-order chi connectivity index (χ1) is 15.6. The van der Waals surface area contributed by atoms with Gasteiger partial charge in [-0.05, 0) is 46.1 Å². The van der Waals surface area contributed by atoms with Gasteiger partial charge in [0.2, 0.25) is 11.8 Å². The van der Waals surface area contributed by atoms with E-state index in [1.807, 2.05) is 0 Å².